The van der Waals surface area contributed by atoms with Crippen molar-refractivity contribution in [2.24, 2.45) is 0 Å². The van der Waals surface area contributed by atoms with E-state index in [1.165, 1.54) is 16.4 Å². The molecule has 1 aliphatic rings. The first-order valence-corrected chi connectivity index (χ1v) is 12.0. The Labute approximate surface area is 175 Å². The van der Waals surface area contributed by atoms with Crippen LogP contribution >= 0.6 is 11.8 Å². The molecule has 156 valence electrons. The largest absolute Gasteiger partial charge is 0.325 e. The molecule has 3 rings (SSSR count). The minimum absolute atomic E-state index is 0.0622. The Morgan fingerprint density at radius 1 is 1.07 bits per heavy atom. The van der Waals surface area contributed by atoms with Crippen molar-refractivity contribution in [3.8, 4) is 0 Å². The summed E-state index contributed by atoms with van der Waals surface area (Å²) < 4.78 is 39.8. The van der Waals surface area contributed by atoms with Crippen LogP contribution < -0.4 is 5.32 Å². The van der Waals surface area contributed by atoms with Gasteiger partial charge in [-0.15, -0.1) is 11.8 Å². The molecule has 1 N–H and O–H groups in total. The summed E-state index contributed by atoms with van der Waals surface area (Å²) in [6, 6.07) is 12.5. The lowest BCUT2D eigenvalue weighted by atomic mass is 10.3. The number of sulfonamides is 1. The predicted octanol–water partition coefficient (Wildman–Crippen LogP) is 2.88. The predicted molar refractivity (Wildman–Crippen MR) is 113 cm³/mol. The highest BCUT2D eigenvalue weighted by Crippen LogP contribution is 2.24. The van der Waals surface area contributed by atoms with Crippen LogP contribution in [0.15, 0.2) is 58.3 Å². The Kier molecular flexibility index (Phi) is 7.28. The van der Waals surface area contributed by atoms with Crippen molar-refractivity contribution < 1.29 is 17.6 Å². The molecule has 6 nitrogen and oxygen atoms in total. The van der Waals surface area contributed by atoms with E-state index in [0.717, 1.165) is 22.7 Å². The van der Waals surface area contributed by atoms with Crippen molar-refractivity contribution in [3.05, 3.63) is 54.3 Å². The van der Waals surface area contributed by atoms with Crippen molar-refractivity contribution in [2.45, 2.75) is 16.2 Å². The number of nitrogens with zero attached hydrogens (tertiary/aromatic N) is 2. The van der Waals surface area contributed by atoms with Gasteiger partial charge < -0.3 is 10.2 Å². The number of para-hydroxylation sites is 1. The molecule has 0 aliphatic carbocycles. The molecule has 29 heavy (non-hydrogen) atoms. The van der Waals surface area contributed by atoms with Crippen LogP contribution in [0.2, 0.25) is 0 Å². The molecule has 1 saturated heterocycles. The molecular formula is C20H24FN3O3S2. The molecule has 9 heteroatoms. The molecule has 0 aromatic heterocycles. The third-order valence-electron chi connectivity index (χ3n) is 4.82. The minimum Gasteiger partial charge on any atom is -0.325 e. The summed E-state index contributed by atoms with van der Waals surface area (Å²) in [5.41, 5.74) is 0.806. The zero-order valence-corrected chi connectivity index (χ0v) is 17.8. The van der Waals surface area contributed by atoms with Crippen LogP contribution in [0.1, 0.15) is 6.42 Å². The average Bonchev–Trinajstić information content (AvgIpc) is 2.73. The lowest BCUT2D eigenvalue weighted by molar-refractivity contribution is -0.116. The number of anilines is 1. The van der Waals surface area contributed by atoms with Gasteiger partial charge in [0.2, 0.25) is 15.9 Å². The zero-order chi connectivity index (χ0) is 20.9. The molecule has 1 heterocycles. The highest BCUT2D eigenvalue weighted by atomic mass is 32.2. The number of benzene rings is 2. The molecule has 0 atom stereocenters. The number of carbonyl (C=O) groups is 1. The number of nitrogens with one attached hydrogen (secondary N) is 1. The van der Waals surface area contributed by atoms with Gasteiger partial charge in [-0.2, -0.15) is 4.31 Å². The SMILES string of the molecule is CSc1ccccc1NC(=O)CCN1CCN(S(=O)(=O)c2ccc(F)cc2)CC1. The van der Waals surface area contributed by atoms with Gasteiger partial charge in [0.15, 0.2) is 0 Å². The van der Waals surface area contributed by atoms with E-state index in [-0.39, 0.29) is 10.8 Å². The Hall–Kier alpha value is -1.94. The molecule has 0 saturated carbocycles. The fourth-order valence-corrected chi connectivity index (χ4v) is 5.15. The van der Waals surface area contributed by atoms with Gasteiger partial charge in [0.1, 0.15) is 5.82 Å². The van der Waals surface area contributed by atoms with Gasteiger partial charge in [-0.25, -0.2) is 12.8 Å². The van der Waals surface area contributed by atoms with Gasteiger partial charge in [-0.3, -0.25) is 4.79 Å². The summed E-state index contributed by atoms with van der Waals surface area (Å²) in [6.45, 7) is 2.36. The van der Waals surface area contributed by atoms with Crippen LogP contribution in [0.3, 0.4) is 0 Å². The normalized spacial score (nSPS) is 15.9. The first-order valence-electron chi connectivity index (χ1n) is 9.31. The summed E-state index contributed by atoms with van der Waals surface area (Å²) in [7, 11) is -3.62. The van der Waals surface area contributed by atoms with Gasteiger partial charge in [-0.05, 0) is 42.7 Å². The fourth-order valence-electron chi connectivity index (χ4n) is 3.17. The molecule has 0 radical (unpaired) electrons. The number of thioether (sulfide) groups is 1. The van der Waals surface area contributed by atoms with E-state index >= 15 is 0 Å². The number of hydrogen-bond donors (Lipinski definition) is 1. The highest BCUT2D eigenvalue weighted by molar-refractivity contribution is 7.98. The second-order valence-corrected chi connectivity index (χ2v) is 9.48. The summed E-state index contributed by atoms with van der Waals surface area (Å²) in [5.74, 6) is -0.528. The van der Waals surface area contributed by atoms with Gasteiger partial charge in [-0.1, -0.05) is 12.1 Å². The summed E-state index contributed by atoms with van der Waals surface area (Å²) in [5, 5.41) is 2.94. The van der Waals surface area contributed by atoms with Gasteiger partial charge in [0.05, 0.1) is 10.6 Å². The Balaban J connectivity index is 1.48. The summed E-state index contributed by atoms with van der Waals surface area (Å²) in [6.07, 6.45) is 2.30. The van der Waals surface area contributed by atoms with Gasteiger partial charge in [0, 0.05) is 44.0 Å². The molecule has 1 amide bonds. The maximum atomic E-state index is 13.0. The number of hydrogen-bond acceptors (Lipinski definition) is 5. The Morgan fingerprint density at radius 2 is 1.72 bits per heavy atom. The number of amides is 1. The van der Waals surface area contributed by atoms with Gasteiger partial charge >= 0.3 is 0 Å². The number of piperazine rings is 1. The van der Waals surface area contributed by atoms with Gasteiger partial charge in [0.25, 0.3) is 0 Å². The number of carbonyl (C=O) groups excluding carboxylic acids is 1. The molecule has 1 fully saturated rings. The van der Waals surface area contributed by atoms with Crippen molar-refractivity contribution >= 4 is 33.4 Å². The van der Waals surface area contributed by atoms with Crippen LogP contribution in [0, 0.1) is 5.82 Å². The van der Waals surface area contributed by atoms with Crippen molar-refractivity contribution in [1.29, 1.82) is 0 Å². The average molecular weight is 438 g/mol. The molecule has 2 aromatic carbocycles. The van der Waals surface area contributed by atoms with E-state index in [4.69, 9.17) is 0 Å². The molecule has 1 aliphatic heterocycles. The monoisotopic (exact) mass is 437 g/mol. The van der Waals surface area contributed by atoms with Crippen molar-refractivity contribution in [2.75, 3.05) is 44.3 Å². The quantitative estimate of drug-likeness (QED) is 0.675. The Bertz CT molecular complexity index is 944. The third-order valence-corrected chi connectivity index (χ3v) is 7.53. The number of rotatable bonds is 7. The molecular weight excluding hydrogens is 413 g/mol. The van der Waals surface area contributed by atoms with Crippen LogP contribution in [-0.2, 0) is 14.8 Å². The maximum absolute atomic E-state index is 13.0. The molecule has 0 spiro atoms. The molecule has 0 bridgehead atoms. The van der Waals surface area contributed by atoms with Crippen LogP contribution in [0.25, 0.3) is 0 Å². The topological polar surface area (TPSA) is 69.7 Å². The first-order chi connectivity index (χ1) is 13.9. The zero-order valence-electron chi connectivity index (χ0n) is 16.2. The van der Waals surface area contributed by atoms with E-state index < -0.39 is 15.8 Å². The van der Waals surface area contributed by atoms with Crippen molar-refractivity contribution in [3.63, 3.8) is 0 Å². The fraction of sp³-hybridized carbons (Fsp3) is 0.350. The second-order valence-electron chi connectivity index (χ2n) is 6.70. The third kappa shape index (κ3) is 5.57. The summed E-state index contributed by atoms with van der Waals surface area (Å²) >= 11 is 1.58. The first kappa shape index (κ1) is 21.8. The minimum atomic E-state index is -3.62. The lowest BCUT2D eigenvalue weighted by Gasteiger charge is -2.33. The van der Waals surface area contributed by atoms with Crippen LogP contribution in [0.5, 0.6) is 0 Å². The van der Waals surface area contributed by atoms with Crippen LogP contribution in [-0.4, -0.2) is 62.5 Å². The number of halogens is 1. The smallest absolute Gasteiger partial charge is 0.243 e. The highest BCUT2D eigenvalue weighted by Gasteiger charge is 2.28. The lowest BCUT2D eigenvalue weighted by Crippen LogP contribution is -2.49. The van der Waals surface area contributed by atoms with Crippen molar-refractivity contribution in [1.82, 2.24) is 9.21 Å². The Morgan fingerprint density at radius 3 is 2.38 bits per heavy atom. The van der Waals surface area contributed by atoms with E-state index in [2.05, 4.69) is 10.2 Å². The molecule has 0 unspecified atom stereocenters. The van der Waals surface area contributed by atoms with E-state index in [1.807, 2.05) is 30.5 Å². The summed E-state index contributed by atoms with van der Waals surface area (Å²) in [4.78, 5) is 15.5. The molecule has 2 aromatic rings. The van der Waals surface area contributed by atoms with Crippen LogP contribution in [0.4, 0.5) is 10.1 Å². The van der Waals surface area contributed by atoms with E-state index in [0.29, 0.717) is 39.1 Å². The van der Waals surface area contributed by atoms with E-state index in [9.17, 15) is 17.6 Å². The standard InChI is InChI=1S/C20H24FN3O3S2/c1-28-19-5-3-2-4-18(19)22-20(25)10-11-23-12-14-24(15-13-23)29(26,27)17-8-6-16(21)7-9-17/h2-9H,10-15H2,1H3,(H,22,25). The van der Waals surface area contributed by atoms with E-state index in [1.54, 1.807) is 11.8 Å². The second kappa shape index (κ2) is 9.71. The maximum Gasteiger partial charge on any atom is 0.243 e.